The number of aryl methyl sites for hydroxylation is 1. The first kappa shape index (κ1) is 13.0. The van der Waals surface area contributed by atoms with Gasteiger partial charge in [-0.2, -0.15) is 0 Å². The third-order valence-electron chi connectivity index (χ3n) is 2.58. The molecule has 0 fully saturated rings. The number of rotatable bonds is 5. The highest BCUT2D eigenvalue weighted by atomic mass is 32.1. The van der Waals surface area contributed by atoms with E-state index >= 15 is 0 Å². The molecule has 3 nitrogen and oxygen atoms in total. The van der Waals surface area contributed by atoms with Crippen LogP contribution in [0.4, 0.5) is 5.69 Å². The number of nitrogens with two attached hydrogens (primary N) is 1. The summed E-state index contributed by atoms with van der Waals surface area (Å²) in [6, 6.07) is 6.08. The first-order chi connectivity index (χ1) is 8.66. The van der Waals surface area contributed by atoms with Crippen LogP contribution in [0.2, 0.25) is 0 Å². The molecule has 0 spiro atoms. The topological polar surface area (TPSA) is 50.9 Å². The van der Waals surface area contributed by atoms with Crippen molar-refractivity contribution in [1.29, 1.82) is 0 Å². The first-order valence-electron chi connectivity index (χ1n) is 5.69. The number of hydrogen-bond acceptors (Lipinski definition) is 4. The highest BCUT2D eigenvalue weighted by molar-refractivity contribution is 7.80. The van der Waals surface area contributed by atoms with E-state index in [-0.39, 0.29) is 0 Å². The molecule has 2 aromatic rings. The van der Waals surface area contributed by atoms with Gasteiger partial charge in [0.1, 0.15) is 4.99 Å². The van der Waals surface area contributed by atoms with Crippen molar-refractivity contribution in [3.05, 3.63) is 45.9 Å². The number of hydrogen-bond donors (Lipinski definition) is 2. The van der Waals surface area contributed by atoms with Crippen LogP contribution in [-0.2, 0) is 6.42 Å². The van der Waals surface area contributed by atoms with Crippen molar-refractivity contribution in [2.75, 3.05) is 11.9 Å². The number of thiocarbonyl (C=S) groups is 1. The summed E-state index contributed by atoms with van der Waals surface area (Å²) in [6.45, 7) is 2.85. The van der Waals surface area contributed by atoms with Crippen LogP contribution in [0, 0.1) is 6.92 Å². The van der Waals surface area contributed by atoms with Crippen LogP contribution >= 0.6 is 23.6 Å². The lowest BCUT2D eigenvalue weighted by Gasteiger charge is -2.11. The number of nitrogens with zero attached hydrogens (tertiary/aromatic N) is 1. The molecule has 0 saturated heterocycles. The molecular weight excluding hydrogens is 262 g/mol. The molecule has 2 rings (SSSR count). The molecule has 0 unspecified atom stereocenters. The highest BCUT2D eigenvalue weighted by Crippen LogP contribution is 2.17. The minimum Gasteiger partial charge on any atom is -0.389 e. The van der Waals surface area contributed by atoms with Crippen molar-refractivity contribution < 1.29 is 0 Å². The van der Waals surface area contributed by atoms with Gasteiger partial charge in [0.2, 0.25) is 0 Å². The average molecular weight is 277 g/mol. The summed E-state index contributed by atoms with van der Waals surface area (Å²) in [4.78, 5) is 4.67. The van der Waals surface area contributed by atoms with E-state index in [0.29, 0.717) is 4.99 Å². The van der Waals surface area contributed by atoms with Gasteiger partial charge in [0.25, 0.3) is 0 Å². The van der Waals surface area contributed by atoms with Crippen molar-refractivity contribution in [1.82, 2.24) is 4.98 Å². The number of nitrogens with one attached hydrogen (secondary N) is 1. The monoisotopic (exact) mass is 277 g/mol. The van der Waals surface area contributed by atoms with Crippen molar-refractivity contribution in [2.45, 2.75) is 13.3 Å². The first-order valence-corrected chi connectivity index (χ1v) is 6.98. The second-order valence-electron chi connectivity index (χ2n) is 4.02. The van der Waals surface area contributed by atoms with Crippen molar-refractivity contribution >= 4 is 34.2 Å². The molecule has 3 N–H and O–H groups in total. The molecule has 0 aliphatic rings. The molecule has 0 atom stereocenters. The number of anilines is 1. The number of thiazole rings is 1. The summed E-state index contributed by atoms with van der Waals surface area (Å²) in [6.07, 6.45) is 2.73. The van der Waals surface area contributed by atoms with Gasteiger partial charge in [-0.05, 0) is 19.1 Å². The predicted molar refractivity (Wildman–Crippen MR) is 81.4 cm³/mol. The SMILES string of the molecule is Cc1ccc(NCCc2nccs2)c(C(N)=S)c1. The van der Waals surface area contributed by atoms with Crippen LogP contribution in [0.25, 0.3) is 0 Å². The number of benzene rings is 1. The lowest BCUT2D eigenvalue weighted by atomic mass is 10.1. The zero-order chi connectivity index (χ0) is 13.0. The highest BCUT2D eigenvalue weighted by Gasteiger charge is 2.05. The molecule has 0 bridgehead atoms. The predicted octanol–water partition coefficient (Wildman–Crippen LogP) is 2.74. The van der Waals surface area contributed by atoms with Crippen LogP contribution in [0.1, 0.15) is 16.1 Å². The Balaban J connectivity index is 2.02. The number of aromatic nitrogens is 1. The van der Waals surface area contributed by atoms with Gasteiger partial charge in [0, 0.05) is 35.8 Å². The van der Waals surface area contributed by atoms with Crippen LogP contribution < -0.4 is 11.1 Å². The van der Waals surface area contributed by atoms with E-state index in [1.54, 1.807) is 11.3 Å². The maximum Gasteiger partial charge on any atom is 0.106 e. The van der Waals surface area contributed by atoms with Gasteiger partial charge in [-0.1, -0.05) is 23.8 Å². The molecule has 0 aliphatic carbocycles. The normalized spacial score (nSPS) is 10.3. The summed E-state index contributed by atoms with van der Waals surface area (Å²) in [5.74, 6) is 0. The zero-order valence-electron chi connectivity index (χ0n) is 10.1. The van der Waals surface area contributed by atoms with E-state index in [9.17, 15) is 0 Å². The Hall–Kier alpha value is -1.46. The molecule has 0 aliphatic heterocycles. The zero-order valence-corrected chi connectivity index (χ0v) is 11.8. The van der Waals surface area contributed by atoms with E-state index in [1.165, 1.54) is 0 Å². The molecule has 1 aromatic heterocycles. The second kappa shape index (κ2) is 5.93. The lowest BCUT2D eigenvalue weighted by Crippen LogP contribution is -2.14. The molecule has 1 heterocycles. The summed E-state index contributed by atoms with van der Waals surface area (Å²) in [5, 5.41) is 6.48. The quantitative estimate of drug-likeness (QED) is 0.825. The van der Waals surface area contributed by atoms with Crippen LogP contribution in [-0.4, -0.2) is 16.5 Å². The Morgan fingerprint density at radius 1 is 1.50 bits per heavy atom. The Morgan fingerprint density at radius 3 is 3.00 bits per heavy atom. The van der Waals surface area contributed by atoms with Crippen molar-refractivity contribution in [2.24, 2.45) is 5.73 Å². The van der Waals surface area contributed by atoms with Crippen LogP contribution in [0.3, 0.4) is 0 Å². The molecule has 0 radical (unpaired) electrons. The van der Waals surface area contributed by atoms with E-state index in [4.69, 9.17) is 18.0 Å². The van der Waals surface area contributed by atoms with Gasteiger partial charge in [-0.25, -0.2) is 4.98 Å². The van der Waals surface area contributed by atoms with Gasteiger partial charge < -0.3 is 11.1 Å². The maximum absolute atomic E-state index is 5.73. The molecular formula is C13H15N3S2. The largest absolute Gasteiger partial charge is 0.389 e. The average Bonchev–Trinajstić information content (AvgIpc) is 2.84. The van der Waals surface area contributed by atoms with Crippen LogP contribution in [0.15, 0.2) is 29.8 Å². The molecule has 94 valence electrons. The minimum absolute atomic E-state index is 0.426. The second-order valence-corrected chi connectivity index (χ2v) is 5.43. The maximum atomic E-state index is 5.73. The van der Waals surface area contributed by atoms with Crippen molar-refractivity contribution in [3.8, 4) is 0 Å². The van der Waals surface area contributed by atoms with Gasteiger partial charge in [0.05, 0.1) is 5.01 Å². The molecule has 0 saturated carbocycles. The summed E-state index contributed by atoms with van der Waals surface area (Å²) < 4.78 is 0. The van der Waals surface area contributed by atoms with E-state index < -0.39 is 0 Å². The Labute approximate surface area is 116 Å². The van der Waals surface area contributed by atoms with Crippen LogP contribution in [0.5, 0.6) is 0 Å². The standard InChI is InChI=1S/C13H15N3S2/c1-9-2-3-11(10(8-9)13(14)17)15-5-4-12-16-6-7-18-12/h2-3,6-8,15H,4-5H2,1H3,(H2,14,17). The summed E-state index contributed by atoms with van der Waals surface area (Å²) >= 11 is 6.74. The Bertz CT molecular complexity index is 535. The fraction of sp³-hybridized carbons (Fsp3) is 0.231. The Kier molecular flexibility index (Phi) is 4.28. The fourth-order valence-corrected chi connectivity index (χ4v) is 2.49. The smallest absolute Gasteiger partial charge is 0.106 e. The minimum atomic E-state index is 0.426. The summed E-state index contributed by atoms with van der Waals surface area (Å²) in [5.41, 5.74) is 8.78. The molecule has 0 amide bonds. The van der Waals surface area contributed by atoms with E-state index in [1.807, 2.05) is 36.7 Å². The van der Waals surface area contributed by atoms with Gasteiger partial charge in [-0.3, -0.25) is 0 Å². The Morgan fingerprint density at radius 2 is 2.33 bits per heavy atom. The third kappa shape index (κ3) is 3.27. The summed E-state index contributed by atoms with van der Waals surface area (Å²) in [7, 11) is 0. The van der Waals surface area contributed by atoms with Gasteiger partial charge in [0.15, 0.2) is 0 Å². The van der Waals surface area contributed by atoms with E-state index in [2.05, 4.69) is 10.3 Å². The molecule has 5 heteroatoms. The molecule has 1 aromatic carbocycles. The van der Waals surface area contributed by atoms with Gasteiger partial charge >= 0.3 is 0 Å². The fourth-order valence-electron chi connectivity index (χ4n) is 1.70. The van der Waals surface area contributed by atoms with Crippen molar-refractivity contribution in [3.63, 3.8) is 0 Å². The lowest BCUT2D eigenvalue weighted by molar-refractivity contribution is 0.997. The third-order valence-corrected chi connectivity index (χ3v) is 3.64. The van der Waals surface area contributed by atoms with E-state index in [0.717, 1.165) is 34.8 Å². The molecule has 18 heavy (non-hydrogen) atoms. The van der Waals surface area contributed by atoms with Gasteiger partial charge in [-0.15, -0.1) is 11.3 Å².